The van der Waals surface area contributed by atoms with Gasteiger partial charge in [0.15, 0.2) is 0 Å². The van der Waals surface area contributed by atoms with Crippen molar-refractivity contribution in [3.63, 3.8) is 0 Å². The van der Waals surface area contributed by atoms with Crippen LogP contribution in [-0.2, 0) is 5.41 Å². The van der Waals surface area contributed by atoms with Gasteiger partial charge in [0.1, 0.15) is 5.75 Å². The Bertz CT molecular complexity index is 360. The van der Waals surface area contributed by atoms with Gasteiger partial charge in [-0.05, 0) is 55.5 Å². The molecule has 2 rings (SSSR count). The molecule has 2 atom stereocenters. The Labute approximate surface area is 104 Å². The van der Waals surface area contributed by atoms with E-state index in [0.717, 1.165) is 31.4 Å². The number of hydrogen-bond donors (Lipinski definition) is 1. The molecule has 2 nitrogen and oxygen atoms in total. The Balaban J connectivity index is 1.98. The Morgan fingerprint density at radius 2 is 2.00 bits per heavy atom. The Morgan fingerprint density at radius 1 is 1.29 bits per heavy atom. The highest BCUT2D eigenvalue weighted by atomic mass is 16.5. The average Bonchev–Trinajstić information content (AvgIpc) is 3.00. The van der Waals surface area contributed by atoms with Crippen molar-refractivity contribution in [2.45, 2.75) is 32.6 Å². The predicted molar refractivity (Wildman–Crippen MR) is 71.6 cm³/mol. The summed E-state index contributed by atoms with van der Waals surface area (Å²) in [6.45, 7) is 9.49. The van der Waals surface area contributed by atoms with E-state index in [1.165, 1.54) is 12.0 Å². The molecule has 1 aliphatic rings. The topological polar surface area (TPSA) is 21.3 Å². The molecule has 94 valence electrons. The summed E-state index contributed by atoms with van der Waals surface area (Å²) in [5.41, 5.74) is 1.83. The maximum atomic E-state index is 5.47. The van der Waals surface area contributed by atoms with Crippen molar-refractivity contribution < 1.29 is 4.74 Å². The first kappa shape index (κ1) is 12.4. The van der Waals surface area contributed by atoms with Crippen LogP contribution in [0.1, 0.15) is 32.8 Å². The molecule has 17 heavy (non-hydrogen) atoms. The van der Waals surface area contributed by atoms with Gasteiger partial charge in [-0.2, -0.15) is 0 Å². The smallest absolute Gasteiger partial charge is 0.119 e. The molecule has 1 aromatic carbocycles. The maximum absolute atomic E-state index is 5.47. The van der Waals surface area contributed by atoms with Crippen molar-refractivity contribution in [1.29, 1.82) is 0 Å². The SMILES string of the molecule is CCNCC1CC1(C)c1ccc(OCC)cc1. The molecule has 0 radical (unpaired) electrons. The lowest BCUT2D eigenvalue weighted by molar-refractivity contribution is 0.340. The summed E-state index contributed by atoms with van der Waals surface area (Å²) >= 11 is 0. The van der Waals surface area contributed by atoms with Crippen LogP contribution in [0.3, 0.4) is 0 Å². The minimum absolute atomic E-state index is 0.382. The second-order valence-corrected chi connectivity index (χ2v) is 5.08. The van der Waals surface area contributed by atoms with E-state index in [2.05, 4.69) is 43.4 Å². The summed E-state index contributed by atoms with van der Waals surface area (Å²) in [5.74, 6) is 1.77. The van der Waals surface area contributed by atoms with Crippen molar-refractivity contribution >= 4 is 0 Å². The largest absolute Gasteiger partial charge is 0.494 e. The molecule has 0 aromatic heterocycles. The van der Waals surface area contributed by atoms with Crippen molar-refractivity contribution in [2.24, 2.45) is 5.92 Å². The van der Waals surface area contributed by atoms with Crippen LogP contribution in [0.4, 0.5) is 0 Å². The standard InChI is InChI=1S/C15H23NO/c1-4-16-11-13-10-15(13,3)12-6-8-14(9-7-12)17-5-2/h6-9,13,16H,4-5,10-11H2,1-3H3. The highest BCUT2D eigenvalue weighted by Crippen LogP contribution is 2.53. The Kier molecular flexibility index (Phi) is 3.72. The normalized spacial score (nSPS) is 26.9. The molecular formula is C15H23NO. The molecule has 0 spiro atoms. The molecular weight excluding hydrogens is 210 g/mol. The van der Waals surface area contributed by atoms with Gasteiger partial charge >= 0.3 is 0 Å². The van der Waals surface area contributed by atoms with Crippen LogP contribution in [0.15, 0.2) is 24.3 Å². The lowest BCUT2D eigenvalue weighted by Gasteiger charge is -2.13. The van der Waals surface area contributed by atoms with Crippen LogP contribution in [0, 0.1) is 5.92 Å². The summed E-state index contributed by atoms with van der Waals surface area (Å²) in [5, 5.41) is 3.44. The van der Waals surface area contributed by atoms with Gasteiger partial charge in [-0.3, -0.25) is 0 Å². The predicted octanol–water partition coefficient (Wildman–Crippen LogP) is 2.97. The van der Waals surface area contributed by atoms with Gasteiger partial charge in [0.2, 0.25) is 0 Å². The molecule has 0 heterocycles. The van der Waals surface area contributed by atoms with E-state index in [1.54, 1.807) is 0 Å². The molecule has 2 unspecified atom stereocenters. The third-order valence-electron chi connectivity index (χ3n) is 3.88. The van der Waals surface area contributed by atoms with Gasteiger partial charge in [-0.15, -0.1) is 0 Å². The Hall–Kier alpha value is -1.02. The molecule has 0 saturated heterocycles. The van der Waals surface area contributed by atoms with E-state index in [0.29, 0.717) is 5.41 Å². The molecule has 1 aromatic rings. The molecule has 0 aliphatic heterocycles. The molecule has 0 amide bonds. The van der Waals surface area contributed by atoms with E-state index in [-0.39, 0.29) is 0 Å². The highest BCUT2D eigenvalue weighted by molar-refractivity contribution is 5.37. The van der Waals surface area contributed by atoms with Gasteiger partial charge < -0.3 is 10.1 Å². The van der Waals surface area contributed by atoms with Crippen LogP contribution in [-0.4, -0.2) is 19.7 Å². The van der Waals surface area contributed by atoms with Crippen LogP contribution in [0.2, 0.25) is 0 Å². The van der Waals surface area contributed by atoms with E-state index >= 15 is 0 Å². The summed E-state index contributed by atoms with van der Waals surface area (Å²) < 4.78 is 5.47. The summed E-state index contributed by atoms with van der Waals surface area (Å²) in [6.07, 6.45) is 1.30. The van der Waals surface area contributed by atoms with Crippen molar-refractivity contribution in [3.8, 4) is 5.75 Å². The number of nitrogens with one attached hydrogen (secondary N) is 1. The van der Waals surface area contributed by atoms with Crippen molar-refractivity contribution in [2.75, 3.05) is 19.7 Å². The van der Waals surface area contributed by atoms with Crippen LogP contribution in [0.5, 0.6) is 5.75 Å². The summed E-state index contributed by atoms with van der Waals surface area (Å²) in [6, 6.07) is 8.62. The summed E-state index contributed by atoms with van der Waals surface area (Å²) in [4.78, 5) is 0. The first-order valence-corrected chi connectivity index (χ1v) is 6.64. The van der Waals surface area contributed by atoms with Gasteiger partial charge in [0.05, 0.1) is 6.61 Å². The maximum Gasteiger partial charge on any atom is 0.119 e. The minimum atomic E-state index is 0.382. The quantitative estimate of drug-likeness (QED) is 0.815. The molecule has 1 fully saturated rings. The summed E-state index contributed by atoms with van der Waals surface area (Å²) in [7, 11) is 0. The monoisotopic (exact) mass is 233 g/mol. The first-order valence-electron chi connectivity index (χ1n) is 6.64. The Morgan fingerprint density at radius 3 is 2.59 bits per heavy atom. The van der Waals surface area contributed by atoms with Gasteiger partial charge in [-0.25, -0.2) is 0 Å². The lowest BCUT2D eigenvalue weighted by Crippen LogP contribution is -2.19. The fourth-order valence-electron chi connectivity index (χ4n) is 2.52. The molecule has 1 N–H and O–H groups in total. The fourth-order valence-corrected chi connectivity index (χ4v) is 2.52. The fraction of sp³-hybridized carbons (Fsp3) is 0.600. The van der Waals surface area contributed by atoms with Gasteiger partial charge in [-0.1, -0.05) is 26.0 Å². The minimum Gasteiger partial charge on any atom is -0.494 e. The zero-order valence-corrected chi connectivity index (χ0v) is 11.1. The van der Waals surface area contributed by atoms with Gasteiger partial charge in [0.25, 0.3) is 0 Å². The zero-order chi connectivity index (χ0) is 12.3. The van der Waals surface area contributed by atoms with E-state index in [9.17, 15) is 0 Å². The molecule has 1 saturated carbocycles. The molecule has 0 bridgehead atoms. The second kappa shape index (κ2) is 5.09. The average molecular weight is 233 g/mol. The molecule has 1 aliphatic carbocycles. The number of rotatable bonds is 6. The van der Waals surface area contributed by atoms with E-state index in [1.807, 2.05) is 6.92 Å². The lowest BCUT2D eigenvalue weighted by atomic mass is 9.95. The zero-order valence-electron chi connectivity index (χ0n) is 11.1. The first-order chi connectivity index (χ1) is 8.20. The van der Waals surface area contributed by atoms with Crippen molar-refractivity contribution in [1.82, 2.24) is 5.32 Å². The number of ether oxygens (including phenoxy) is 1. The second-order valence-electron chi connectivity index (χ2n) is 5.08. The van der Waals surface area contributed by atoms with E-state index in [4.69, 9.17) is 4.74 Å². The highest BCUT2D eigenvalue weighted by Gasteiger charge is 2.50. The molecule has 2 heteroatoms. The van der Waals surface area contributed by atoms with Crippen LogP contribution >= 0.6 is 0 Å². The number of hydrogen-bond acceptors (Lipinski definition) is 2. The van der Waals surface area contributed by atoms with Gasteiger partial charge in [0, 0.05) is 0 Å². The third-order valence-corrected chi connectivity index (χ3v) is 3.88. The number of benzene rings is 1. The van der Waals surface area contributed by atoms with Crippen LogP contribution in [0.25, 0.3) is 0 Å². The van der Waals surface area contributed by atoms with Crippen molar-refractivity contribution in [3.05, 3.63) is 29.8 Å². The third kappa shape index (κ3) is 2.63. The van der Waals surface area contributed by atoms with E-state index < -0.39 is 0 Å². The van der Waals surface area contributed by atoms with Crippen LogP contribution < -0.4 is 10.1 Å².